The number of carbonyl (C=O) groups excluding carboxylic acids is 2. The molecule has 7 nitrogen and oxygen atoms in total. The first-order valence-electron chi connectivity index (χ1n) is 10.5. The summed E-state index contributed by atoms with van der Waals surface area (Å²) in [4.78, 5) is 36.4. The largest absolute Gasteiger partial charge is 0.492 e. The van der Waals surface area contributed by atoms with E-state index in [-0.39, 0.29) is 11.8 Å². The number of hydrogen-bond donors (Lipinski definition) is 1. The Morgan fingerprint density at radius 3 is 2.74 bits per heavy atom. The quantitative estimate of drug-likeness (QED) is 0.592. The molecule has 2 heterocycles. The van der Waals surface area contributed by atoms with Gasteiger partial charge in [0.05, 0.1) is 29.0 Å². The summed E-state index contributed by atoms with van der Waals surface area (Å²) in [6.45, 7) is 2.81. The fourth-order valence-corrected chi connectivity index (χ4v) is 3.94. The normalized spacial score (nSPS) is 14.5. The van der Waals surface area contributed by atoms with E-state index >= 15 is 0 Å². The summed E-state index contributed by atoms with van der Waals surface area (Å²) in [5, 5.41) is 0.567. The lowest BCUT2D eigenvalue weighted by Crippen LogP contribution is -2.37. The average Bonchev–Trinajstić information content (AvgIpc) is 3.11. The topological polar surface area (TPSA) is 78.5 Å². The zero-order chi connectivity index (χ0) is 21.6. The van der Waals surface area contributed by atoms with Gasteiger partial charge in [-0.05, 0) is 43.2 Å². The maximum atomic E-state index is 12.9. The summed E-state index contributed by atoms with van der Waals surface area (Å²) in [5.74, 6) is 0.712. The van der Waals surface area contributed by atoms with Gasteiger partial charge in [-0.15, -0.1) is 0 Å². The number of aromatic nitrogens is 2. The predicted molar refractivity (Wildman–Crippen MR) is 119 cm³/mol. The second-order valence-electron chi connectivity index (χ2n) is 7.54. The highest BCUT2D eigenvalue weighted by Crippen LogP contribution is 2.23. The van der Waals surface area contributed by atoms with E-state index in [1.807, 2.05) is 40.1 Å². The minimum Gasteiger partial charge on any atom is -0.492 e. The number of halogens is 1. The van der Waals surface area contributed by atoms with Crippen molar-refractivity contribution in [3.63, 3.8) is 0 Å². The molecule has 162 valence electrons. The van der Waals surface area contributed by atoms with Crippen LogP contribution in [0.15, 0.2) is 48.8 Å². The van der Waals surface area contributed by atoms with Gasteiger partial charge in [-0.25, -0.2) is 4.98 Å². The number of carbonyl (C=O) groups is 2. The minimum absolute atomic E-state index is 0.0149. The van der Waals surface area contributed by atoms with Crippen LogP contribution in [0.3, 0.4) is 0 Å². The number of H-pyrrole nitrogens is 1. The first kappa shape index (κ1) is 21.2. The lowest BCUT2D eigenvalue weighted by atomic mass is 10.1. The van der Waals surface area contributed by atoms with Crippen LogP contribution in [0, 0.1) is 0 Å². The van der Waals surface area contributed by atoms with E-state index in [2.05, 4.69) is 9.97 Å². The van der Waals surface area contributed by atoms with Gasteiger partial charge in [-0.3, -0.25) is 9.59 Å². The molecule has 4 rings (SSSR count). The molecule has 2 aromatic carbocycles. The van der Waals surface area contributed by atoms with Crippen molar-refractivity contribution in [2.75, 3.05) is 32.8 Å². The zero-order valence-corrected chi connectivity index (χ0v) is 18.0. The Kier molecular flexibility index (Phi) is 6.72. The predicted octanol–water partition coefficient (Wildman–Crippen LogP) is 3.75. The number of fused-ring (bicyclic) bond motifs is 1. The molecule has 2 amide bonds. The summed E-state index contributed by atoms with van der Waals surface area (Å²) >= 11 is 6.07. The third-order valence-electron chi connectivity index (χ3n) is 5.43. The molecule has 0 aliphatic carbocycles. The van der Waals surface area contributed by atoms with Crippen LogP contribution in [0.25, 0.3) is 11.0 Å². The van der Waals surface area contributed by atoms with Crippen molar-refractivity contribution in [2.45, 2.75) is 19.3 Å². The van der Waals surface area contributed by atoms with Crippen LogP contribution in [0.4, 0.5) is 0 Å². The van der Waals surface area contributed by atoms with Gasteiger partial charge in [-0.2, -0.15) is 0 Å². The summed E-state index contributed by atoms with van der Waals surface area (Å²) in [6, 6.07) is 12.8. The van der Waals surface area contributed by atoms with Crippen molar-refractivity contribution in [1.82, 2.24) is 19.8 Å². The molecule has 8 heteroatoms. The van der Waals surface area contributed by atoms with Gasteiger partial charge in [0.25, 0.3) is 5.91 Å². The molecule has 0 saturated carbocycles. The lowest BCUT2D eigenvalue weighted by molar-refractivity contribution is -0.131. The molecule has 1 aliphatic rings. The molecule has 1 aromatic heterocycles. The molecule has 31 heavy (non-hydrogen) atoms. The SMILES string of the molecule is O=C(CCCOc1ccccc1Cl)N1CCCN(C(=O)c2ccc3nc[nH]c3c2)CC1. The number of amides is 2. The fourth-order valence-electron chi connectivity index (χ4n) is 3.75. The van der Waals surface area contributed by atoms with Gasteiger partial charge in [0.1, 0.15) is 5.75 Å². The number of aromatic amines is 1. The van der Waals surface area contributed by atoms with Crippen molar-refractivity contribution < 1.29 is 14.3 Å². The van der Waals surface area contributed by atoms with Gasteiger partial charge < -0.3 is 19.5 Å². The summed E-state index contributed by atoms with van der Waals surface area (Å²) in [7, 11) is 0. The Bertz CT molecular complexity index is 1070. The molecular weight excluding hydrogens is 416 g/mol. The number of rotatable bonds is 6. The number of benzene rings is 2. The molecule has 1 N–H and O–H groups in total. The van der Waals surface area contributed by atoms with Crippen LogP contribution >= 0.6 is 11.6 Å². The Hall–Kier alpha value is -3.06. The number of ether oxygens (including phenoxy) is 1. The van der Waals surface area contributed by atoms with E-state index in [9.17, 15) is 9.59 Å². The lowest BCUT2D eigenvalue weighted by Gasteiger charge is -2.22. The Morgan fingerprint density at radius 2 is 1.87 bits per heavy atom. The van der Waals surface area contributed by atoms with Crippen molar-refractivity contribution in [3.8, 4) is 5.75 Å². The second-order valence-corrected chi connectivity index (χ2v) is 7.95. The monoisotopic (exact) mass is 440 g/mol. The molecule has 1 aliphatic heterocycles. The van der Waals surface area contributed by atoms with Gasteiger partial charge in [0.15, 0.2) is 0 Å². The fraction of sp³-hybridized carbons (Fsp3) is 0.348. The number of nitrogens with one attached hydrogen (secondary N) is 1. The highest BCUT2D eigenvalue weighted by atomic mass is 35.5. The van der Waals surface area contributed by atoms with Gasteiger partial charge in [0, 0.05) is 38.2 Å². The van der Waals surface area contributed by atoms with Crippen LogP contribution in [-0.4, -0.2) is 64.4 Å². The standard InChI is InChI=1S/C23H25ClN4O3/c24-18-5-1-2-6-21(18)31-14-3-7-22(29)27-10-4-11-28(13-12-27)23(30)17-8-9-19-20(15-17)26-16-25-19/h1-2,5-6,8-9,15-16H,3-4,7,10-14H2,(H,25,26). The van der Waals surface area contributed by atoms with Crippen molar-refractivity contribution in [2.24, 2.45) is 0 Å². The summed E-state index contributed by atoms with van der Waals surface area (Å²) in [6.07, 6.45) is 3.41. The molecule has 0 unspecified atom stereocenters. The second kappa shape index (κ2) is 9.83. The molecule has 1 saturated heterocycles. The van der Waals surface area contributed by atoms with E-state index in [0.29, 0.717) is 62.0 Å². The smallest absolute Gasteiger partial charge is 0.253 e. The Labute approximate surface area is 186 Å². The van der Waals surface area contributed by atoms with Crippen LogP contribution in [0.2, 0.25) is 5.02 Å². The average molecular weight is 441 g/mol. The summed E-state index contributed by atoms with van der Waals surface area (Å²) in [5.41, 5.74) is 2.31. The van der Waals surface area contributed by atoms with Gasteiger partial charge >= 0.3 is 0 Å². The van der Waals surface area contributed by atoms with E-state index in [4.69, 9.17) is 16.3 Å². The van der Waals surface area contributed by atoms with E-state index in [1.54, 1.807) is 18.5 Å². The van der Waals surface area contributed by atoms with Crippen LogP contribution in [0.5, 0.6) is 5.75 Å². The number of imidazole rings is 1. The van der Waals surface area contributed by atoms with E-state index in [1.165, 1.54) is 0 Å². The van der Waals surface area contributed by atoms with Crippen LogP contribution < -0.4 is 4.74 Å². The van der Waals surface area contributed by atoms with Crippen molar-refractivity contribution in [1.29, 1.82) is 0 Å². The molecule has 1 fully saturated rings. The molecule has 3 aromatic rings. The number of para-hydroxylation sites is 1. The van der Waals surface area contributed by atoms with Crippen LogP contribution in [0.1, 0.15) is 29.6 Å². The summed E-state index contributed by atoms with van der Waals surface area (Å²) < 4.78 is 5.66. The van der Waals surface area contributed by atoms with Gasteiger partial charge in [0.2, 0.25) is 5.91 Å². The van der Waals surface area contributed by atoms with E-state index < -0.39 is 0 Å². The molecular formula is C23H25ClN4O3. The first-order valence-corrected chi connectivity index (χ1v) is 10.9. The maximum absolute atomic E-state index is 12.9. The third-order valence-corrected chi connectivity index (χ3v) is 5.74. The molecule has 0 spiro atoms. The molecule has 0 atom stereocenters. The number of hydrogen-bond acceptors (Lipinski definition) is 4. The van der Waals surface area contributed by atoms with E-state index in [0.717, 1.165) is 17.5 Å². The highest BCUT2D eigenvalue weighted by molar-refractivity contribution is 6.32. The Morgan fingerprint density at radius 1 is 1.06 bits per heavy atom. The maximum Gasteiger partial charge on any atom is 0.253 e. The van der Waals surface area contributed by atoms with Crippen molar-refractivity contribution >= 4 is 34.4 Å². The Balaban J connectivity index is 1.25. The van der Waals surface area contributed by atoms with Crippen molar-refractivity contribution in [3.05, 3.63) is 59.4 Å². The number of nitrogens with zero attached hydrogens (tertiary/aromatic N) is 3. The molecule has 0 bridgehead atoms. The first-order chi connectivity index (χ1) is 15.1. The zero-order valence-electron chi connectivity index (χ0n) is 17.2. The van der Waals surface area contributed by atoms with Gasteiger partial charge in [-0.1, -0.05) is 23.7 Å². The van der Waals surface area contributed by atoms with Crippen LogP contribution in [-0.2, 0) is 4.79 Å². The minimum atomic E-state index is -0.0149. The molecule has 0 radical (unpaired) electrons. The highest BCUT2D eigenvalue weighted by Gasteiger charge is 2.23. The third kappa shape index (κ3) is 5.17.